The summed E-state index contributed by atoms with van der Waals surface area (Å²) in [7, 11) is 1.75. The minimum Gasteiger partial charge on any atom is -0.478 e. The van der Waals surface area contributed by atoms with Crippen LogP contribution in [0.2, 0.25) is 0 Å². The molecule has 0 amide bonds. The van der Waals surface area contributed by atoms with Crippen LogP contribution in [-0.4, -0.2) is 63.5 Å². The van der Waals surface area contributed by atoms with Crippen molar-refractivity contribution in [1.29, 1.82) is 0 Å². The molecule has 0 N–H and O–H groups in total. The summed E-state index contributed by atoms with van der Waals surface area (Å²) in [6.07, 6.45) is 8.57. The third kappa shape index (κ3) is 4.62. The number of imidazole rings is 1. The number of benzene rings is 1. The summed E-state index contributed by atoms with van der Waals surface area (Å²) in [4.78, 5) is 24.6. The molecular formula is C28H32FN5O3. The van der Waals surface area contributed by atoms with Crippen LogP contribution in [0.4, 0.5) is 4.39 Å². The van der Waals surface area contributed by atoms with Gasteiger partial charge in [-0.2, -0.15) is 0 Å². The molecular weight excluding hydrogens is 473 g/mol. The molecule has 2 saturated heterocycles. The molecule has 2 aliphatic heterocycles. The molecule has 1 atom stereocenters. The lowest BCUT2D eigenvalue weighted by Crippen LogP contribution is -2.31. The van der Waals surface area contributed by atoms with E-state index in [1.807, 2.05) is 6.07 Å². The average molecular weight is 506 g/mol. The predicted octanol–water partition coefficient (Wildman–Crippen LogP) is 4.31. The number of hydrogen-bond donors (Lipinski definition) is 0. The zero-order chi connectivity index (χ0) is 25.4. The summed E-state index contributed by atoms with van der Waals surface area (Å²) in [6.45, 7) is 5.20. The number of nitrogens with zero attached hydrogens (tertiary/aromatic N) is 5. The molecule has 3 aromatic heterocycles. The zero-order valence-corrected chi connectivity index (χ0v) is 21.2. The van der Waals surface area contributed by atoms with Crippen molar-refractivity contribution in [1.82, 2.24) is 24.0 Å². The van der Waals surface area contributed by atoms with Crippen LogP contribution >= 0.6 is 0 Å². The smallest absolute Gasteiger partial charge is 0.329 e. The molecule has 1 aromatic carbocycles. The van der Waals surface area contributed by atoms with E-state index in [0.717, 1.165) is 42.2 Å². The molecule has 5 heterocycles. The third-order valence-corrected chi connectivity index (χ3v) is 7.62. The number of aryl methyl sites for hydroxylation is 1. The monoisotopic (exact) mass is 505 g/mol. The highest BCUT2D eigenvalue weighted by molar-refractivity contribution is 6.04. The fraction of sp³-hybridized carbons (Fsp3) is 0.464. The second kappa shape index (κ2) is 10.2. The van der Waals surface area contributed by atoms with Gasteiger partial charge in [0, 0.05) is 55.0 Å². The molecule has 2 fully saturated rings. The summed E-state index contributed by atoms with van der Waals surface area (Å²) in [5.41, 5.74) is 2.94. The molecule has 0 saturated carbocycles. The van der Waals surface area contributed by atoms with E-state index in [2.05, 4.69) is 14.9 Å². The van der Waals surface area contributed by atoms with E-state index in [1.165, 1.54) is 32.0 Å². The number of fused-ring (bicyclic) bond motifs is 3. The van der Waals surface area contributed by atoms with Gasteiger partial charge in [0.05, 0.1) is 42.0 Å². The van der Waals surface area contributed by atoms with Gasteiger partial charge in [0.1, 0.15) is 5.82 Å². The maximum atomic E-state index is 15.2. The molecule has 0 unspecified atom stereocenters. The van der Waals surface area contributed by atoms with Crippen molar-refractivity contribution in [3.05, 3.63) is 53.0 Å². The number of likely N-dealkylation sites (tertiary alicyclic amines) is 1. The topological polar surface area (TPSA) is 74.4 Å². The van der Waals surface area contributed by atoms with Gasteiger partial charge in [-0.15, -0.1) is 0 Å². The Morgan fingerprint density at radius 3 is 2.76 bits per heavy atom. The van der Waals surface area contributed by atoms with Gasteiger partial charge < -0.3 is 14.4 Å². The normalized spacial score (nSPS) is 18.7. The van der Waals surface area contributed by atoms with Crippen LogP contribution in [0, 0.1) is 5.82 Å². The van der Waals surface area contributed by atoms with E-state index in [9.17, 15) is 4.79 Å². The molecule has 0 bridgehead atoms. The van der Waals surface area contributed by atoms with Gasteiger partial charge in [-0.05, 0) is 57.3 Å². The van der Waals surface area contributed by atoms with E-state index in [1.54, 1.807) is 40.7 Å². The number of pyridine rings is 2. The van der Waals surface area contributed by atoms with Crippen molar-refractivity contribution >= 4 is 21.9 Å². The highest BCUT2D eigenvalue weighted by Crippen LogP contribution is 2.33. The van der Waals surface area contributed by atoms with Crippen LogP contribution in [-0.2, 0) is 11.8 Å². The average Bonchev–Trinajstić information content (AvgIpc) is 3.53. The quantitative estimate of drug-likeness (QED) is 0.349. The number of rotatable bonds is 7. The minimum atomic E-state index is -0.383. The Labute approximate surface area is 214 Å². The van der Waals surface area contributed by atoms with Crippen LogP contribution in [0.5, 0.6) is 5.88 Å². The van der Waals surface area contributed by atoms with Crippen LogP contribution < -0.4 is 10.4 Å². The summed E-state index contributed by atoms with van der Waals surface area (Å²) in [6, 6.07) is 6.77. The third-order valence-electron chi connectivity index (χ3n) is 7.62. The number of hydrogen-bond acceptors (Lipinski definition) is 6. The second-order valence-corrected chi connectivity index (χ2v) is 10.1. The van der Waals surface area contributed by atoms with E-state index in [4.69, 9.17) is 9.47 Å². The van der Waals surface area contributed by atoms with Crippen molar-refractivity contribution in [3.63, 3.8) is 0 Å². The lowest BCUT2D eigenvalue weighted by Gasteiger charge is -2.23. The van der Waals surface area contributed by atoms with E-state index >= 15 is 4.39 Å². The Morgan fingerprint density at radius 2 is 2.00 bits per heavy atom. The van der Waals surface area contributed by atoms with Crippen molar-refractivity contribution < 1.29 is 13.9 Å². The highest BCUT2D eigenvalue weighted by Gasteiger charge is 2.24. The molecule has 9 heteroatoms. The van der Waals surface area contributed by atoms with Gasteiger partial charge >= 0.3 is 5.69 Å². The molecule has 4 aromatic rings. The first-order valence-electron chi connectivity index (χ1n) is 13.2. The van der Waals surface area contributed by atoms with E-state index in [0.29, 0.717) is 42.3 Å². The predicted molar refractivity (Wildman–Crippen MR) is 141 cm³/mol. The Hall–Kier alpha value is -3.30. The Kier molecular flexibility index (Phi) is 6.65. The van der Waals surface area contributed by atoms with Crippen molar-refractivity contribution in [2.75, 3.05) is 39.5 Å². The first-order valence-corrected chi connectivity index (χ1v) is 13.2. The Morgan fingerprint density at radius 1 is 1.14 bits per heavy atom. The SMILES string of the molecule is Cn1c(=O)n([C@@H]2CCCOC2)c2c3cc(-c4ccc(OCCCN5CCCC5)nc4)c(F)cc3ncc21. The number of halogens is 1. The first-order chi connectivity index (χ1) is 18.1. The largest absolute Gasteiger partial charge is 0.478 e. The molecule has 2 aliphatic rings. The van der Waals surface area contributed by atoms with Crippen molar-refractivity contribution in [2.45, 2.75) is 38.1 Å². The lowest BCUT2D eigenvalue weighted by molar-refractivity contribution is 0.0593. The van der Waals surface area contributed by atoms with Crippen LogP contribution in [0.1, 0.15) is 38.1 Å². The second-order valence-electron chi connectivity index (χ2n) is 10.1. The zero-order valence-electron chi connectivity index (χ0n) is 21.2. The van der Waals surface area contributed by atoms with Gasteiger partial charge in [-0.3, -0.25) is 14.1 Å². The fourth-order valence-corrected chi connectivity index (χ4v) is 5.63. The molecule has 8 nitrogen and oxygen atoms in total. The molecule has 0 radical (unpaired) electrons. The van der Waals surface area contributed by atoms with E-state index in [-0.39, 0.29) is 17.5 Å². The van der Waals surface area contributed by atoms with Crippen LogP contribution in [0.3, 0.4) is 0 Å². The van der Waals surface area contributed by atoms with Gasteiger partial charge in [0.2, 0.25) is 5.88 Å². The summed E-state index contributed by atoms with van der Waals surface area (Å²) in [5.74, 6) is 0.149. The molecule has 6 rings (SSSR count). The standard InChI is InChI=1S/C28H32FN5O3/c1-32-25-17-30-24-15-23(29)21(14-22(24)27(25)34(28(32)35)20-6-4-12-36-18-20)19-7-8-26(31-16-19)37-13-5-11-33-9-2-3-10-33/h7-8,14-17,20H,2-6,9-13,18H2,1H3/t20-/m1/s1. The first kappa shape index (κ1) is 24.1. The summed E-state index contributed by atoms with van der Waals surface area (Å²) < 4.78 is 30.2. The van der Waals surface area contributed by atoms with Gasteiger partial charge in [-0.25, -0.2) is 14.2 Å². The maximum Gasteiger partial charge on any atom is 0.329 e. The summed E-state index contributed by atoms with van der Waals surface area (Å²) in [5, 5.41) is 0.736. The molecule has 194 valence electrons. The summed E-state index contributed by atoms with van der Waals surface area (Å²) >= 11 is 0. The van der Waals surface area contributed by atoms with Crippen molar-refractivity contribution in [2.24, 2.45) is 7.05 Å². The number of aromatic nitrogens is 4. The Bertz CT molecular complexity index is 1470. The van der Waals surface area contributed by atoms with Crippen LogP contribution in [0.15, 0.2) is 41.5 Å². The van der Waals surface area contributed by atoms with Crippen molar-refractivity contribution in [3.8, 4) is 17.0 Å². The fourth-order valence-electron chi connectivity index (χ4n) is 5.63. The van der Waals surface area contributed by atoms with Gasteiger partial charge in [0.15, 0.2) is 0 Å². The van der Waals surface area contributed by atoms with E-state index < -0.39 is 0 Å². The van der Waals surface area contributed by atoms with Crippen LogP contribution in [0.25, 0.3) is 33.1 Å². The minimum absolute atomic E-state index is 0.0624. The van der Waals surface area contributed by atoms with Gasteiger partial charge in [-0.1, -0.05) is 0 Å². The van der Waals surface area contributed by atoms with Gasteiger partial charge in [0.25, 0.3) is 0 Å². The highest BCUT2D eigenvalue weighted by atomic mass is 19.1. The maximum absolute atomic E-state index is 15.2. The molecule has 37 heavy (non-hydrogen) atoms. The molecule has 0 aliphatic carbocycles. The Balaban J connectivity index is 1.31. The lowest BCUT2D eigenvalue weighted by atomic mass is 10.0. The molecule has 0 spiro atoms. The number of ether oxygens (including phenoxy) is 2.